The van der Waals surface area contributed by atoms with Gasteiger partial charge in [0.05, 0.1) is 5.39 Å². The minimum Gasteiger partial charge on any atom is -0.241 e. The van der Waals surface area contributed by atoms with Gasteiger partial charge in [-0.2, -0.15) is 0 Å². The molecule has 106 valence electrons. The van der Waals surface area contributed by atoms with E-state index in [9.17, 15) is 4.39 Å². The largest absolute Gasteiger partial charge is 0.241 e. The van der Waals surface area contributed by atoms with Crippen molar-refractivity contribution in [2.24, 2.45) is 0 Å². The van der Waals surface area contributed by atoms with E-state index in [2.05, 4.69) is 15.0 Å². The van der Waals surface area contributed by atoms with Crippen LogP contribution in [0.5, 0.6) is 0 Å². The second-order valence-electron chi connectivity index (χ2n) is 2.63. The summed E-state index contributed by atoms with van der Waals surface area (Å²) in [6.45, 7) is 8.00. The lowest BCUT2D eigenvalue weighted by atomic mass is 10.3. The third kappa shape index (κ3) is 4.44. The molecule has 0 N–H and O–H groups in total. The zero-order chi connectivity index (χ0) is 15.0. The molecule has 2 heterocycles. The summed E-state index contributed by atoms with van der Waals surface area (Å²) in [6.07, 6.45) is 3.13. The Bertz CT molecular complexity index is 538. The molecule has 0 unspecified atom stereocenters. The Balaban J connectivity index is 0.000000741. The number of hydrogen-bond acceptors (Lipinski definition) is 4. The number of halogens is 3. The predicted octanol–water partition coefficient (Wildman–Crippen LogP) is 5.25. The monoisotopic (exact) mass is 323 g/mol. The fraction of sp³-hybridized carbons (Fsp3) is 0.417. The molecule has 0 aliphatic rings. The number of fused-ring (bicyclic) bond motifs is 1. The van der Waals surface area contributed by atoms with Crippen LogP contribution in [0.4, 0.5) is 4.39 Å². The topological polar surface area (TPSA) is 38.7 Å². The van der Waals surface area contributed by atoms with Crippen molar-refractivity contribution in [2.75, 3.05) is 6.26 Å². The predicted molar refractivity (Wildman–Crippen MR) is 81.8 cm³/mol. The second-order valence-corrected chi connectivity index (χ2v) is 4.12. The number of hydrogen-bond donors (Lipinski definition) is 0. The summed E-state index contributed by atoms with van der Waals surface area (Å²) in [4.78, 5) is 11.6. The van der Waals surface area contributed by atoms with Gasteiger partial charge in [0.25, 0.3) is 0 Å². The van der Waals surface area contributed by atoms with Crippen LogP contribution in [-0.4, -0.2) is 21.2 Å². The van der Waals surface area contributed by atoms with Gasteiger partial charge in [0.15, 0.2) is 16.1 Å². The molecule has 0 aliphatic carbocycles. The Labute approximate surface area is 127 Å². The van der Waals surface area contributed by atoms with E-state index in [1.165, 1.54) is 18.0 Å². The molecule has 0 fully saturated rings. The molecule has 2 aromatic heterocycles. The van der Waals surface area contributed by atoms with Crippen molar-refractivity contribution in [1.82, 2.24) is 15.0 Å². The Morgan fingerprint density at radius 2 is 1.63 bits per heavy atom. The van der Waals surface area contributed by atoms with Gasteiger partial charge in [0.1, 0.15) is 10.7 Å². The fourth-order valence-corrected chi connectivity index (χ4v) is 1.84. The molecule has 2 aromatic rings. The zero-order valence-electron chi connectivity index (χ0n) is 11.5. The summed E-state index contributed by atoms with van der Waals surface area (Å²) in [5.74, 6) is -0.672. The molecule has 0 radical (unpaired) electrons. The van der Waals surface area contributed by atoms with Crippen molar-refractivity contribution in [2.45, 2.75) is 32.9 Å². The quantitative estimate of drug-likeness (QED) is 0.311. The molecular formula is C12H16Cl2FN3S. The number of nitrogens with zero attached hydrogens (tertiary/aromatic N) is 3. The first-order valence-corrected chi connectivity index (χ1v) is 7.82. The highest BCUT2D eigenvalue weighted by Crippen LogP contribution is 2.27. The van der Waals surface area contributed by atoms with E-state index in [1.807, 2.05) is 27.7 Å². The molecule has 0 aromatic carbocycles. The van der Waals surface area contributed by atoms with Gasteiger partial charge in [0, 0.05) is 6.20 Å². The van der Waals surface area contributed by atoms with E-state index in [-0.39, 0.29) is 15.8 Å². The summed E-state index contributed by atoms with van der Waals surface area (Å²) in [6, 6.07) is 0. The zero-order valence-corrected chi connectivity index (χ0v) is 13.8. The first kappa shape index (κ1) is 18.4. The van der Waals surface area contributed by atoms with Gasteiger partial charge in [-0.05, 0) is 6.26 Å². The van der Waals surface area contributed by atoms with Crippen LogP contribution in [0, 0.1) is 5.82 Å². The molecule has 0 bridgehead atoms. The minimum absolute atomic E-state index is 0.0966. The van der Waals surface area contributed by atoms with E-state index in [0.29, 0.717) is 10.5 Å². The number of aromatic nitrogens is 3. The van der Waals surface area contributed by atoms with E-state index < -0.39 is 5.82 Å². The second kappa shape index (κ2) is 9.28. The van der Waals surface area contributed by atoms with E-state index in [4.69, 9.17) is 23.2 Å². The van der Waals surface area contributed by atoms with Crippen molar-refractivity contribution in [1.29, 1.82) is 0 Å². The molecule has 0 amide bonds. The summed E-state index contributed by atoms with van der Waals surface area (Å²) in [5, 5.41) is 0.710. The molecule has 0 aliphatic heterocycles. The van der Waals surface area contributed by atoms with Crippen LogP contribution in [0.3, 0.4) is 0 Å². The van der Waals surface area contributed by atoms with Gasteiger partial charge in [-0.3, -0.25) is 0 Å². The van der Waals surface area contributed by atoms with E-state index >= 15 is 0 Å². The van der Waals surface area contributed by atoms with Gasteiger partial charge < -0.3 is 0 Å². The minimum atomic E-state index is -0.672. The average molecular weight is 324 g/mol. The van der Waals surface area contributed by atoms with Gasteiger partial charge >= 0.3 is 0 Å². The van der Waals surface area contributed by atoms with Crippen molar-refractivity contribution >= 4 is 45.9 Å². The maximum absolute atomic E-state index is 13.5. The van der Waals surface area contributed by atoms with Crippen LogP contribution in [0.2, 0.25) is 10.3 Å². The van der Waals surface area contributed by atoms with Crippen LogP contribution in [-0.2, 0) is 0 Å². The van der Waals surface area contributed by atoms with Gasteiger partial charge in [-0.15, -0.1) is 0 Å². The molecule has 0 saturated heterocycles. The molecule has 7 heteroatoms. The Morgan fingerprint density at radius 1 is 1.05 bits per heavy atom. The van der Waals surface area contributed by atoms with Crippen LogP contribution in [0.15, 0.2) is 11.4 Å². The maximum Gasteiger partial charge on any atom is 0.189 e. The van der Waals surface area contributed by atoms with Crippen LogP contribution < -0.4 is 0 Å². The smallest absolute Gasteiger partial charge is 0.189 e. The molecule has 19 heavy (non-hydrogen) atoms. The SMILES string of the molecule is CC.CC.CSc1nc(Cl)c2cnc(Cl)c(F)c2n1. The normalized spacial score (nSPS) is 9.26. The number of thioether (sulfide) groups is 1. The highest BCUT2D eigenvalue weighted by Gasteiger charge is 2.13. The third-order valence-corrected chi connectivity index (χ3v) is 2.86. The highest BCUT2D eigenvalue weighted by molar-refractivity contribution is 7.98. The van der Waals surface area contributed by atoms with E-state index in [1.54, 1.807) is 6.26 Å². The third-order valence-electron chi connectivity index (χ3n) is 1.76. The first-order chi connectivity index (χ1) is 9.13. The van der Waals surface area contributed by atoms with Crippen LogP contribution >= 0.6 is 35.0 Å². The molecule has 0 spiro atoms. The lowest BCUT2D eigenvalue weighted by Crippen LogP contribution is -1.94. The summed E-state index contributed by atoms with van der Waals surface area (Å²) >= 11 is 12.7. The van der Waals surface area contributed by atoms with Crippen molar-refractivity contribution in [3.63, 3.8) is 0 Å². The van der Waals surface area contributed by atoms with Crippen LogP contribution in [0.25, 0.3) is 10.9 Å². The molecule has 0 atom stereocenters. The standard InChI is InChI=1S/C8H4Cl2FN3S.2C2H6/c1-15-8-13-5-3(6(9)14-8)2-12-7(10)4(5)11;2*1-2/h2H,1H3;2*1-2H3. The molecule has 3 nitrogen and oxygen atoms in total. The van der Waals surface area contributed by atoms with E-state index in [0.717, 1.165) is 0 Å². The Kier molecular flexibility index (Phi) is 8.97. The van der Waals surface area contributed by atoms with Gasteiger partial charge in [-0.25, -0.2) is 19.3 Å². The lowest BCUT2D eigenvalue weighted by molar-refractivity contribution is 0.629. The average Bonchev–Trinajstić information content (AvgIpc) is 2.47. The van der Waals surface area contributed by atoms with Crippen molar-refractivity contribution in [3.05, 3.63) is 22.3 Å². The molecule has 0 saturated carbocycles. The number of rotatable bonds is 1. The van der Waals surface area contributed by atoms with Crippen LogP contribution in [0.1, 0.15) is 27.7 Å². The summed E-state index contributed by atoms with van der Waals surface area (Å²) < 4.78 is 13.5. The molecule has 2 rings (SSSR count). The van der Waals surface area contributed by atoms with Gasteiger partial charge in [0.2, 0.25) is 0 Å². The number of pyridine rings is 1. The first-order valence-electron chi connectivity index (χ1n) is 5.84. The summed E-state index contributed by atoms with van der Waals surface area (Å²) in [7, 11) is 0. The molecular weight excluding hydrogens is 308 g/mol. The Hall–Kier alpha value is -0.650. The maximum atomic E-state index is 13.5. The highest BCUT2D eigenvalue weighted by atomic mass is 35.5. The fourth-order valence-electron chi connectivity index (χ4n) is 1.07. The lowest BCUT2D eigenvalue weighted by Gasteiger charge is -2.03. The van der Waals surface area contributed by atoms with Crippen molar-refractivity contribution < 1.29 is 4.39 Å². The summed E-state index contributed by atoms with van der Waals surface area (Å²) in [5.41, 5.74) is 0.0966. The Morgan fingerprint density at radius 3 is 2.16 bits per heavy atom. The van der Waals surface area contributed by atoms with Crippen molar-refractivity contribution in [3.8, 4) is 0 Å². The van der Waals surface area contributed by atoms with Gasteiger partial charge in [-0.1, -0.05) is 62.7 Å².